The van der Waals surface area contributed by atoms with E-state index in [0.29, 0.717) is 47.5 Å². The number of methoxy groups -OCH3 is 2. The third-order valence-corrected chi connectivity index (χ3v) is 6.69. The molecule has 0 bridgehead atoms. The first-order valence-electron chi connectivity index (χ1n) is 9.81. The molecule has 1 unspecified atom stereocenters. The highest BCUT2D eigenvalue weighted by atomic mass is 79.9. The number of alkyl halides is 3. The molecule has 0 amide bonds. The van der Waals surface area contributed by atoms with Gasteiger partial charge in [-0.15, -0.1) is 0 Å². The van der Waals surface area contributed by atoms with Crippen LogP contribution in [0.2, 0.25) is 5.02 Å². The summed E-state index contributed by atoms with van der Waals surface area (Å²) < 4.78 is 51.8. The van der Waals surface area contributed by atoms with Crippen LogP contribution < -0.4 is 9.47 Å². The van der Waals surface area contributed by atoms with Gasteiger partial charge in [-0.2, -0.15) is 13.2 Å². The number of carbonyl (C=O) groups is 1. The summed E-state index contributed by atoms with van der Waals surface area (Å²) in [6, 6.07) is 5.97. The van der Waals surface area contributed by atoms with Gasteiger partial charge in [0.15, 0.2) is 11.5 Å². The molecule has 0 aromatic heterocycles. The van der Waals surface area contributed by atoms with E-state index in [1.807, 2.05) is 4.90 Å². The van der Waals surface area contributed by atoms with Gasteiger partial charge in [-0.25, -0.2) is 0 Å². The highest BCUT2D eigenvalue weighted by Crippen LogP contribution is 2.44. The fraction of sp³-hybridized carbons (Fsp3) is 0.409. The van der Waals surface area contributed by atoms with E-state index in [1.54, 1.807) is 12.1 Å². The summed E-state index contributed by atoms with van der Waals surface area (Å²) in [6.45, 7) is 0.768. The number of halogens is 5. The van der Waals surface area contributed by atoms with Crippen LogP contribution in [0, 0.1) is 5.92 Å². The predicted molar refractivity (Wildman–Crippen MR) is 117 cm³/mol. The Kier molecular flexibility index (Phi) is 7.62. The molecule has 174 valence electrons. The SMILES string of the molecule is COc1cc(Br)c(C(c2cc(C(F)(F)F)ccc2Cl)N2CCC(C(=O)O)CC2)cc1OC. The number of rotatable bonds is 6. The van der Waals surface area contributed by atoms with E-state index in [1.165, 1.54) is 20.3 Å². The maximum absolute atomic E-state index is 13.5. The standard InChI is InChI=1S/C22H22BrClF3NO4/c1-31-18-10-14(16(23)11-19(18)32-2)20(28-7-5-12(6-8-28)21(29)30)15-9-13(22(25,26)27)3-4-17(15)24/h3-4,9-12,20H,5-8H2,1-2H3,(H,29,30). The normalized spacial score (nSPS) is 16.6. The van der Waals surface area contributed by atoms with Crippen molar-refractivity contribution < 1.29 is 32.5 Å². The van der Waals surface area contributed by atoms with Crippen molar-refractivity contribution in [1.29, 1.82) is 0 Å². The highest BCUT2D eigenvalue weighted by Gasteiger charge is 2.36. The average molecular weight is 537 g/mol. The van der Waals surface area contributed by atoms with Crippen LogP contribution in [0.15, 0.2) is 34.8 Å². The molecule has 2 aromatic carbocycles. The van der Waals surface area contributed by atoms with Crippen molar-refractivity contribution in [2.45, 2.75) is 25.1 Å². The molecule has 1 aliphatic heterocycles. The lowest BCUT2D eigenvalue weighted by atomic mass is 9.90. The van der Waals surface area contributed by atoms with Crippen molar-refractivity contribution >= 4 is 33.5 Å². The van der Waals surface area contributed by atoms with Gasteiger partial charge in [0.1, 0.15) is 0 Å². The quantitative estimate of drug-likeness (QED) is 0.489. The lowest BCUT2D eigenvalue weighted by molar-refractivity contribution is -0.143. The van der Waals surface area contributed by atoms with Crippen molar-refractivity contribution in [3.05, 3.63) is 56.5 Å². The Bertz CT molecular complexity index is 994. The number of ether oxygens (including phenoxy) is 2. The molecular weight excluding hydrogens is 515 g/mol. The minimum atomic E-state index is -4.53. The summed E-state index contributed by atoms with van der Waals surface area (Å²) in [5, 5.41) is 9.52. The van der Waals surface area contributed by atoms with Gasteiger partial charge >= 0.3 is 12.1 Å². The fourth-order valence-electron chi connectivity index (χ4n) is 3.97. The maximum Gasteiger partial charge on any atom is 0.416 e. The molecule has 1 saturated heterocycles. The lowest BCUT2D eigenvalue weighted by Gasteiger charge is -2.38. The molecule has 3 rings (SSSR count). The highest BCUT2D eigenvalue weighted by molar-refractivity contribution is 9.10. The zero-order chi connectivity index (χ0) is 23.6. The van der Waals surface area contributed by atoms with Gasteiger partial charge in [0.2, 0.25) is 0 Å². The Labute approximate surface area is 197 Å². The van der Waals surface area contributed by atoms with Gasteiger partial charge in [-0.1, -0.05) is 27.5 Å². The molecule has 0 aliphatic carbocycles. The molecule has 1 N–H and O–H groups in total. The number of hydrogen-bond donors (Lipinski definition) is 1. The summed E-state index contributed by atoms with van der Waals surface area (Å²) >= 11 is 9.93. The molecule has 1 aliphatic rings. The van der Waals surface area contributed by atoms with Crippen LogP contribution in [-0.4, -0.2) is 43.3 Å². The molecule has 2 aromatic rings. The van der Waals surface area contributed by atoms with Crippen molar-refractivity contribution in [3.8, 4) is 11.5 Å². The van der Waals surface area contributed by atoms with Crippen LogP contribution in [0.25, 0.3) is 0 Å². The van der Waals surface area contributed by atoms with Crippen LogP contribution in [0.4, 0.5) is 13.2 Å². The largest absolute Gasteiger partial charge is 0.493 e. The van der Waals surface area contributed by atoms with Crippen LogP contribution >= 0.6 is 27.5 Å². The summed E-state index contributed by atoms with van der Waals surface area (Å²) in [7, 11) is 2.96. The third-order valence-electron chi connectivity index (χ3n) is 5.66. The van der Waals surface area contributed by atoms with E-state index >= 15 is 0 Å². The lowest BCUT2D eigenvalue weighted by Crippen LogP contribution is -2.39. The molecule has 5 nitrogen and oxygen atoms in total. The van der Waals surface area contributed by atoms with Gasteiger partial charge in [-0.3, -0.25) is 9.69 Å². The van der Waals surface area contributed by atoms with Crippen molar-refractivity contribution in [2.24, 2.45) is 5.92 Å². The molecule has 0 saturated carbocycles. The number of aliphatic carboxylic acids is 1. The van der Waals surface area contributed by atoms with E-state index in [4.69, 9.17) is 21.1 Å². The maximum atomic E-state index is 13.5. The van der Waals surface area contributed by atoms with Crippen LogP contribution in [0.1, 0.15) is 35.6 Å². The smallest absolute Gasteiger partial charge is 0.416 e. The van der Waals surface area contributed by atoms with Crippen molar-refractivity contribution in [2.75, 3.05) is 27.3 Å². The first-order valence-corrected chi connectivity index (χ1v) is 11.0. The number of nitrogens with zero attached hydrogens (tertiary/aromatic N) is 1. The molecule has 1 atom stereocenters. The van der Waals surface area contributed by atoms with E-state index in [2.05, 4.69) is 15.9 Å². The van der Waals surface area contributed by atoms with Crippen LogP contribution in [-0.2, 0) is 11.0 Å². The fourth-order valence-corrected chi connectivity index (χ4v) is 4.73. The van der Waals surface area contributed by atoms with E-state index in [9.17, 15) is 23.1 Å². The monoisotopic (exact) mass is 535 g/mol. The number of piperidine rings is 1. The first-order chi connectivity index (χ1) is 15.1. The second-order valence-electron chi connectivity index (χ2n) is 7.51. The second kappa shape index (κ2) is 9.89. The van der Waals surface area contributed by atoms with E-state index in [-0.39, 0.29) is 10.6 Å². The zero-order valence-electron chi connectivity index (χ0n) is 17.4. The molecule has 1 heterocycles. The Hall–Kier alpha value is -1.97. The zero-order valence-corrected chi connectivity index (χ0v) is 19.7. The number of benzene rings is 2. The predicted octanol–water partition coefficient (Wildman–Crippen LogP) is 6.02. The Balaban J connectivity index is 2.15. The Morgan fingerprint density at radius 2 is 1.72 bits per heavy atom. The van der Waals surface area contributed by atoms with Gasteiger partial charge < -0.3 is 14.6 Å². The van der Waals surface area contributed by atoms with Gasteiger partial charge in [-0.05, 0) is 67.4 Å². The topological polar surface area (TPSA) is 59.0 Å². The van der Waals surface area contributed by atoms with Gasteiger partial charge in [0.25, 0.3) is 0 Å². The first kappa shape index (κ1) is 24.7. The summed E-state index contributed by atoms with van der Waals surface area (Å²) in [4.78, 5) is 13.3. The molecular formula is C22H22BrClF3NO4. The van der Waals surface area contributed by atoms with Crippen LogP contribution in [0.5, 0.6) is 11.5 Å². The van der Waals surface area contributed by atoms with E-state index < -0.39 is 29.7 Å². The van der Waals surface area contributed by atoms with Crippen molar-refractivity contribution in [1.82, 2.24) is 4.90 Å². The summed E-state index contributed by atoms with van der Waals surface area (Å²) in [6.07, 6.45) is -3.77. The van der Waals surface area contributed by atoms with Crippen LogP contribution in [0.3, 0.4) is 0 Å². The number of carboxylic acids is 1. The summed E-state index contributed by atoms with van der Waals surface area (Å²) in [5.74, 6) is -0.482. The number of likely N-dealkylation sites (tertiary alicyclic amines) is 1. The summed E-state index contributed by atoms with van der Waals surface area (Å²) in [5.41, 5.74) is 0.111. The molecule has 0 radical (unpaired) electrons. The third kappa shape index (κ3) is 5.15. The Morgan fingerprint density at radius 1 is 1.12 bits per heavy atom. The average Bonchev–Trinajstić information content (AvgIpc) is 2.75. The van der Waals surface area contributed by atoms with Gasteiger partial charge in [0, 0.05) is 9.50 Å². The van der Waals surface area contributed by atoms with Gasteiger partial charge in [0.05, 0.1) is 31.7 Å². The van der Waals surface area contributed by atoms with Crippen molar-refractivity contribution in [3.63, 3.8) is 0 Å². The molecule has 0 spiro atoms. The minimum absolute atomic E-state index is 0.185. The minimum Gasteiger partial charge on any atom is -0.493 e. The van der Waals surface area contributed by atoms with E-state index in [0.717, 1.165) is 12.1 Å². The number of hydrogen-bond acceptors (Lipinski definition) is 4. The molecule has 1 fully saturated rings. The number of carboxylic acid groups (broad SMARTS) is 1. The second-order valence-corrected chi connectivity index (χ2v) is 8.78. The Morgan fingerprint density at radius 3 is 2.25 bits per heavy atom. The molecule has 32 heavy (non-hydrogen) atoms. The molecule has 10 heteroatoms.